The normalized spacial score (nSPS) is 26.6. The molecule has 0 spiro atoms. The number of carbonyl (C=O) groups excluding carboxylic acids is 1. The molecule has 11 nitrogen and oxygen atoms in total. The van der Waals surface area contributed by atoms with Crippen molar-refractivity contribution in [1.29, 1.82) is 0 Å². The number of aliphatic hydroxyl groups is 2. The first kappa shape index (κ1) is 20.8. The highest BCUT2D eigenvalue weighted by Gasteiger charge is 2.62. The molecule has 11 heteroatoms. The van der Waals surface area contributed by atoms with Gasteiger partial charge in [-0.1, -0.05) is 13.8 Å². The quantitative estimate of drug-likeness (QED) is 0.471. The van der Waals surface area contributed by atoms with Gasteiger partial charge < -0.3 is 25.4 Å². The number of rotatable bonds is 6. The van der Waals surface area contributed by atoms with Gasteiger partial charge in [-0.3, -0.25) is 9.58 Å². The van der Waals surface area contributed by atoms with Crippen molar-refractivity contribution in [3.05, 3.63) is 35.6 Å². The van der Waals surface area contributed by atoms with Crippen molar-refractivity contribution in [3.8, 4) is 0 Å². The maximum atomic E-state index is 11.8. The average molecular weight is 405 g/mol. The second kappa shape index (κ2) is 8.20. The summed E-state index contributed by atoms with van der Waals surface area (Å²) in [5.74, 6) is 0.575. The highest BCUT2D eigenvalue weighted by molar-refractivity contribution is 5.65. The number of nitrogens with zero attached hydrogens (tertiary/aromatic N) is 4. The van der Waals surface area contributed by atoms with Gasteiger partial charge in [-0.25, -0.2) is 20.9 Å². The number of nitrogens with two attached hydrogens (primary N) is 1. The zero-order valence-corrected chi connectivity index (χ0v) is 16.1. The van der Waals surface area contributed by atoms with Gasteiger partial charge in [-0.2, -0.15) is 5.10 Å². The summed E-state index contributed by atoms with van der Waals surface area (Å²) < 4.78 is 17.0. The predicted octanol–water partition coefficient (Wildman–Crippen LogP) is 0.919. The zero-order valence-electron chi connectivity index (χ0n) is 16.1. The van der Waals surface area contributed by atoms with E-state index in [1.165, 1.54) is 10.8 Å². The molecule has 1 saturated heterocycles. The van der Waals surface area contributed by atoms with E-state index in [9.17, 15) is 15.0 Å². The number of aromatic nitrogens is 3. The molecule has 2 aromatic heterocycles. The largest absolute Gasteiger partial charge is 0.508 e. The van der Waals surface area contributed by atoms with E-state index in [1.807, 2.05) is 13.8 Å². The van der Waals surface area contributed by atoms with Crippen molar-refractivity contribution in [2.75, 3.05) is 18.9 Å². The highest BCUT2D eigenvalue weighted by Crippen LogP contribution is 2.41. The second-order valence-electron chi connectivity index (χ2n) is 7.20. The summed E-state index contributed by atoms with van der Waals surface area (Å²) in [5, 5.41) is 25.1. The lowest BCUT2D eigenvalue weighted by atomic mass is 10.0. The van der Waals surface area contributed by atoms with E-state index in [4.69, 9.17) is 26.5 Å². The third kappa shape index (κ3) is 3.95. The van der Waals surface area contributed by atoms with Crippen LogP contribution in [-0.4, -0.2) is 62.1 Å². The Morgan fingerprint density at radius 1 is 1.45 bits per heavy atom. The molecule has 2 aromatic rings. The molecule has 1 fully saturated rings. The lowest BCUT2D eigenvalue weighted by Gasteiger charge is -2.19. The van der Waals surface area contributed by atoms with Crippen LogP contribution in [-0.2, 0) is 14.2 Å². The number of hydrogen-bond acceptors (Lipinski definition) is 9. The zero-order chi connectivity index (χ0) is 21.2. The number of nitrogen functional groups attached to an aromatic ring is 1. The first-order chi connectivity index (χ1) is 13.8. The number of carbonyl (C=O) groups is 1. The lowest BCUT2D eigenvalue weighted by molar-refractivity contribution is -0.0923. The van der Waals surface area contributed by atoms with Gasteiger partial charge >= 0.3 is 11.9 Å². The fraction of sp³-hybridized carbons (Fsp3) is 0.556. The average Bonchev–Trinajstić information content (AvgIpc) is 3.22. The molecular weight excluding hydrogens is 382 g/mol. The molecule has 1 aliphatic rings. The van der Waals surface area contributed by atoms with E-state index in [0.717, 1.165) is 0 Å². The van der Waals surface area contributed by atoms with Crippen LogP contribution in [0.5, 0.6) is 0 Å². The summed E-state index contributed by atoms with van der Waals surface area (Å²) in [6, 6.07) is 3.23. The molecule has 0 bridgehead atoms. The van der Waals surface area contributed by atoms with Crippen LogP contribution in [0.1, 0.15) is 32.1 Å². The number of ether oxygens (including phenoxy) is 3. The Bertz CT molecular complexity index is 925. The van der Waals surface area contributed by atoms with Crippen LogP contribution in [0.4, 0.5) is 10.6 Å². The summed E-state index contributed by atoms with van der Waals surface area (Å²) in [6.07, 6.45) is -3.26. The van der Waals surface area contributed by atoms with Crippen LogP contribution < -0.4 is 5.73 Å². The topological polar surface area (TPSA) is 146 Å². The third-order valence-electron chi connectivity index (χ3n) is 4.73. The fourth-order valence-corrected chi connectivity index (χ4v) is 3.04. The molecule has 4 N–H and O–H groups in total. The maximum Gasteiger partial charge on any atom is 0.508 e. The minimum absolute atomic E-state index is 0.174. The Labute approximate surface area is 166 Å². The van der Waals surface area contributed by atoms with Crippen molar-refractivity contribution in [1.82, 2.24) is 14.6 Å². The SMILES string of the molecule is [C-]#[N+][C@]1(COC(=O)OCCC(C)C)O[C@@H](c2ccc3c(N)ncnn23)[C@H](O)[C@@H]1O. The van der Waals surface area contributed by atoms with Gasteiger partial charge in [0.05, 0.1) is 12.3 Å². The van der Waals surface area contributed by atoms with Gasteiger partial charge in [0.25, 0.3) is 0 Å². The van der Waals surface area contributed by atoms with Crippen molar-refractivity contribution in [2.45, 2.75) is 44.3 Å². The number of anilines is 1. The molecule has 0 radical (unpaired) electrons. The molecule has 29 heavy (non-hydrogen) atoms. The van der Waals surface area contributed by atoms with E-state index >= 15 is 0 Å². The summed E-state index contributed by atoms with van der Waals surface area (Å²) in [4.78, 5) is 19.0. The van der Waals surface area contributed by atoms with Crippen LogP contribution in [0.3, 0.4) is 0 Å². The van der Waals surface area contributed by atoms with Crippen molar-refractivity contribution in [3.63, 3.8) is 0 Å². The molecule has 3 rings (SSSR count). The standard InChI is InChI=1S/C18H23N5O6/c1-10(2)6-7-27-17(26)28-8-18(20-3)15(25)13(24)14(29-18)11-4-5-12-16(19)21-9-22-23(11)12/h4-5,9-10,13-15,24-25H,6-8H2,1-2H3,(H2,19,21,22)/t13-,14-,15-,18+/m0/s1. The summed E-state index contributed by atoms with van der Waals surface area (Å²) >= 11 is 0. The molecule has 4 atom stereocenters. The molecule has 0 saturated carbocycles. The minimum Gasteiger partial charge on any atom is -0.434 e. The minimum atomic E-state index is -1.98. The van der Waals surface area contributed by atoms with Gasteiger partial charge in [0.1, 0.15) is 24.1 Å². The fourth-order valence-electron chi connectivity index (χ4n) is 3.04. The molecular formula is C18H23N5O6. The number of fused-ring (bicyclic) bond motifs is 1. The smallest absolute Gasteiger partial charge is 0.434 e. The number of hydrogen-bond donors (Lipinski definition) is 3. The van der Waals surface area contributed by atoms with Crippen molar-refractivity contribution < 1.29 is 29.2 Å². The van der Waals surface area contributed by atoms with E-state index in [-0.39, 0.29) is 12.4 Å². The van der Waals surface area contributed by atoms with E-state index in [0.29, 0.717) is 23.5 Å². The van der Waals surface area contributed by atoms with Crippen LogP contribution >= 0.6 is 0 Å². The van der Waals surface area contributed by atoms with Gasteiger partial charge in [-0.15, -0.1) is 0 Å². The highest BCUT2D eigenvalue weighted by atomic mass is 16.7. The number of aliphatic hydroxyl groups excluding tert-OH is 2. The van der Waals surface area contributed by atoms with Crippen LogP contribution in [0.15, 0.2) is 18.5 Å². The Kier molecular flexibility index (Phi) is 5.88. The summed E-state index contributed by atoms with van der Waals surface area (Å²) in [6.45, 7) is 11.0. The monoisotopic (exact) mass is 405 g/mol. The van der Waals surface area contributed by atoms with Crippen LogP contribution in [0, 0.1) is 12.5 Å². The van der Waals surface area contributed by atoms with Gasteiger partial charge in [-0.05, 0) is 24.5 Å². The third-order valence-corrected chi connectivity index (χ3v) is 4.73. The molecule has 0 amide bonds. The predicted molar refractivity (Wildman–Crippen MR) is 99.3 cm³/mol. The lowest BCUT2D eigenvalue weighted by Crippen LogP contribution is -2.44. The van der Waals surface area contributed by atoms with Crippen molar-refractivity contribution >= 4 is 17.5 Å². The van der Waals surface area contributed by atoms with Gasteiger partial charge in [0, 0.05) is 0 Å². The summed E-state index contributed by atoms with van der Waals surface area (Å²) in [7, 11) is 0. The van der Waals surface area contributed by atoms with Crippen LogP contribution in [0.2, 0.25) is 0 Å². The molecule has 1 aliphatic heterocycles. The van der Waals surface area contributed by atoms with Crippen LogP contribution in [0.25, 0.3) is 10.4 Å². The summed E-state index contributed by atoms with van der Waals surface area (Å²) in [5.41, 5.74) is 4.67. The van der Waals surface area contributed by atoms with Crippen molar-refractivity contribution in [2.24, 2.45) is 5.92 Å². The molecule has 0 aromatic carbocycles. The van der Waals surface area contributed by atoms with Gasteiger partial charge in [0.15, 0.2) is 11.9 Å². The molecule has 0 unspecified atom stereocenters. The van der Waals surface area contributed by atoms with E-state index in [2.05, 4.69) is 14.9 Å². The first-order valence-corrected chi connectivity index (χ1v) is 9.09. The molecule has 156 valence electrons. The van der Waals surface area contributed by atoms with E-state index in [1.54, 1.807) is 12.1 Å². The Morgan fingerprint density at radius 2 is 2.21 bits per heavy atom. The van der Waals surface area contributed by atoms with E-state index < -0.39 is 36.8 Å². The first-order valence-electron chi connectivity index (χ1n) is 9.09. The Hall–Kier alpha value is -2.94. The second-order valence-corrected chi connectivity index (χ2v) is 7.20. The Morgan fingerprint density at radius 3 is 2.90 bits per heavy atom. The maximum absolute atomic E-state index is 11.8. The van der Waals surface area contributed by atoms with Gasteiger partial charge in [0.2, 0.25) is 6.61 Å². The molecule has 3 heterocycles. The molecule has 0 aliphatic carbocycles. The Balaban J connectivity index is 1.75.